The highest BCUT2D eigenvalue weighted by Crippen LogP contribution is 2.34. The van der Waals surface area contributed by atoms with Crippen LogP contribution in [0.25, 0.3) is 0 Å². The standard InChI is InChI=1S/C20H12Cl2F4N2O3S/c21-13-4-1-11(2-5-13)19(29)27-17-8-6-14(10-16(17)23)32(30,31)28-18-9-12(20(24,25)26)3-7-15(18)22/h1-10,28H,(H,27,29). The first-order chi connectivity index (χ1) is 14.9. The summed E-state index contributed by atoms with van der Waals surface area (Å²) in [6.07, 6.45) is -4.72. The van der Waals surface area contributed by atoms with Crippen molar-refractivity contribution in [2.45, 2.75) is 11.1 Å². The molecular weight excluding hydrogens is 495 g/mol. The van der Waals surface area contributed by atoms with Crippen molar-refractivity contribution in [3.05, 3.63) is 87.7 Å². The topological polar surface area (TPSA) is 75.3 Å². The summed E-state index contributed by atoms with van der Waals surface area (Å²) >= 11 is 11.5. The van der Waals surface area contributed by atoms with E-state index in [0.29, 0.717) is 23.2 Å². The number of carbonyl (C=O) groups excluding carboxylic acids is 1. The lowest BCUT2D eigenvalue weighted by molar-refractivity contribution is -0.137. The van der Waals surface area contributed by atoms with Gasteiger partial charge in [-0.15, -0.1) is 0 Å². The van der Waals surface area contributed by atoms with E-state index in [1.54, 1.807) is 0 Å². The zero-order chi connectivity index (χ0) is 23.7. The van der Waals surface area contributed by atoms with Crippen molar-refractivity contribution in [2.75, 3.05) is 10.0 Å². The van der Waals surface area contributed by atoms with Crippen LogP contribution in [0.5, 0.6) is 0 Å². The van der Waals surface area contributed by atoms with Crippen LogP contribution in [0.2, 0.25) is 10.0 Å². The quantitative estimate of drug-likeness (QED) is 0.404. The fraction of sp³-hybridized carbons (Fsp3) is 0.0500. The summed E-state index contributed by atoms with van der Waals surface area (Å²) in [5, 5.41) is 2.40. The molecule has 0 atom stereocenters. The van der Waals surface area contributed by atoms with Crippen LogP contribution < -0.4 is 10.0 Å². The number of sulfonamides is 1. The molecule has 0 radical (unpaired) electrons. The van der Waals surface area contributed by atoms with E-state index >= 15 is 0 Å². The second-order valence-corrected chi connectivity index (χ2v) is 8.93. The zero-order valence-corrected chi connectivity index (χ0v) is 18.0. The highest BCUT2D eigenvalue weighted by molar-refractivity contribution is 7.92. The molecule has 0 aliphatic carbocycles. The Labute approximate surface area is 190 Å². The van der Waals surface area contributed by atoms with E-state index < -0.39 is 44.1 Å². The normalized spacial score (nSPS) is 11.8. The molecule has 0 saturated heterocycles. The van der Waals surface area contributed by atoms with Crippen molar-refractivity contribution < 1.29 is 30.8 Å². The molecule has 0 aliphatic rings. The Hall–Kier alpha value is -2.82. The van der Waals surface area contributed by atoms with Gasteiger partial charge < -0.3 is 5.32 Å². The molecule has 0 bridgehead atoms. The number of hydrogen-bond acceptors (Lipinski definition) is 3. The summed E-state index contributed by atoms with van der Waals surface area (Å²) in [5.41, 5.74) is -1.76. The first-order valence-electron chi connectivity index (χ1n) is 8.63. The number of carbonyl (C=O) groups is 1. The second kappa shape index (κ2) is 8.97. The van der Waals surface area contributed by atoms with Crippen LogP contribution in [0, 0.1) is 5.82 Å². The van der Waals surface area contributed by atoms with Crippen LogP contribution >= 0.6 is 23.2 Å². The van der Waals surface area contributed by atoms with E-state index in [1.165, 1.54) is 24.3 Å². The SMILES string of the molecule is O=C(Nc1ccc(S(=O)(=O)Nc2cc(C(F)(F)F)ccc2Cl)cc1F)c1ccc(Cl)cc1. The molecule has 0 aromatic heterocycles. The van der Waals surface area contributed by atoms with Gasteiger partial charge >= 0.3 is 6.18 Å². The van der Waals surface area contributed by atoms with Crippen LogP contribution in [0.3, 0.4) is 0 Å². The Bertz CT molecular complexity index is 1280. The third-order valence-electron chi connectivity index (χ3n) is 4.14. The van der Waals surface area contributed by atoms with Gasteiger partial charge in [-0.1, -0.05) is 23.2 Å². The summed E-state index contributed by atoms with van der Waals surface area (Å²) < 4.78 is 80.1. The van der Waals surface area contributed by atoms with Gasteiger partial charge in [0.1, 0.15) is 5.82 Å². The molecule has 12 heteroatoms. The van der Waals surface area contributed by atoms with Crippen LogP contribution in [0.1, 0.15) is 15.9 Å². The fourth-order valence-electron chi connectivity index (χ4n) is 2.54. The Morgan fingerprint density at radius 3 is 2.12 bits per heavy atom. The minimum Gasteiger partial charge on any atom is -0.319 e. The van der Waals surface area contributed by atoms with E-state index in [0.717, 1.165) is 18.2 Å². The summed E-state index contributed by atoms with van der Waals surface area (Å²) in [4.78, 5) is 11.6. The van der Waals surface area contributed by atoms with E-state index in [1.807, 2.05) is 4.72 Å². The van der Waals surface area contributed by atoms with Gasteiger partial charge in [-0.2, -0.15) is 13.2 Å². The van der Waals surface area contributed by atoms with Crippen molar-refractivity contribution >= 4 is 50.5 Å². The number of rotatable bonds is 5. The largest absolute Gasteiger partial charge is 0.416 e. The van der Waals surface area contributed by atoms with E-state index in [4.69, 9.17) is 23.2 Å². The Morgan fingerprint density at radius 1 is 0.875 bits per heavy atom. The van der Waals surface area contributed by atoms with Gasteiger partial charge in [0, 0.05) is 10.6 Å². The number of halogens is 6. The van der Waals surface area contributed by atoms with E-state index in [2.05, 4.69) is 5.32 Å². The second-order valence-electron chi connectivity index (χ2n) is 6.40. The Morgan fingerprint density at radius 2 is 1.53 bits per heavy atom. The first kappa shape index (κ1) is 23.8. The molecule has 0 aliphatic heterocycles. The smallest absolute Gasteiger partial charge is 0.319 e. The molecule has 5 nitrogen and oxygen atoms in total. The van der Waals surface area contributed by atoms with Gasteiger partial charge in [0.2, 0.25) is 0 Å². The molecule has 32 heavy (non-hydrogen) atoms. The fourth-order valence-corrected chi connectivity index (χ4v) is 3.97. The number of nitrogens with one attached hydrogen (secondary N) is 2. The number of alkyl halides is 3. The molecule has 0 unspecified atom stereocenters. The monoisotopic (exact) mass is 506 g/mol. The van der Waals surface area contributed by atoms with Crippen LogP contribution in [-0.2, 0) is 16.2 Å². The van der Waals surface area contributed by atoms with E-state index in [9.17, 15) is 30.8 Å². The lowest BCUT2D eigenvalue weighted by Gasteiger charge is -2.13. The molecule has 3 aromatic carbocycles. The summed E-state index contributed by atoms with van der Waals surface area (Å²) in [7, 11) is -4.49. The van der Waals surface area contributed by atoms with Crippen molar-refractivity contribution in [2.24, 2.45) is 0 Å². The zero-order valence-electron chi connectivity index (χ0n) is 15.7. The van der Waals surface area contributed by atoms with Crippen molar-refractivity contribution in [1.29, 1.82) is 0 Å². The number of amides is 1. The number of hydrogen-bond donors (Lipinski definition) is 2. The van der Waals surface area contributed by atoms with Crippen molar-refractivity contribution in [3.8, 4) is 0 Å². The van der Waals surface area contributed by atoms with Gasteiger partial charge in [0.15, 0.2) is 0 Å². The summed E-state index contributed by atoms with van der Waals surface area (Å²) in [6.45, 7) is 0. The minimum absolute atomic E-state index is 0.186. The van der Waals surface area contributed by atoms with Gasteiger partial charge in [0.05, 0.1) is 26.9 Å². The van der Waals surface area contributed by atoms with Crippen LogP contribution in [0.15, 0.2) is 65.6 Å². The summed E-state index contributed by atoms with van der Waals surface area (Å²) in [6, 6.07) is 10.5. The molecule has 168 valence electrons. The number of benzene rings is 3. The molecule has 1 amide bonds. The van der Waals surface area contributed by atoms with Gasteiger partial charge in [-0.25, -0.2) is 12.8 Å². The maximum Gasteiger partial charge on any atom is 0.416 e. The third-order valence-corrected chi connectivity index (χ3v) is 6.09. The highest BCUT2D eigenvalue weighted by Gasteiger charge is 2.31. The van der Waals surface area contributed by atoms with Crippen LogP contribution in [0.4, 0.5) is 28.9 Å². The predicted octanol–water partition coefficient (Wildman–Crippen LogP) is 6.20. The molecular formula is C20H12Cl2F4N2O3S. The Kier molecular flexibility index (Phi) is 6.68. The average molecular weight is 507 g/mol. The molecule has 0 spiro atoms. The van der Waals surface area contributed by atoms with Gasteiger partial charge in [0.25, 0.3) is 15.9 Å². The predicted molar refractivity (Wildman–Crippen MR) is 113 cm³/mol. The maximum absolute atomic E-state index is 14.5. The number of anilines is 2. The first-order valence-corrected chi connectivity index (χ1v) is 10.9. The van der Waals surface area contributed by atoms with Gasteiger partial charge in [-0.3, -0.25) is 9.52 Å². The molecule has 3 rings (SSSR count). The van der Waals surface area contributed by atoms with Crippen molar-refractivity contribution in [3.63, 3.8) is 0 Å². The molecule has 0 saturated carbocycles. The lowest BCUT2D eigenvalue weighted by atomic mass is 10.2. The highest BCUT2D eigenvalue weighted by atomic mass is 35.5. The van der Waals surface area contributed by atoms with E-state index in [-0.39, 0.29) is 16.3 Å². The molecule has 0 heterocycles. The average Bonchev–Trinajstić information content (AvgIpc) is 2.70. The van der Waals surface area contributed by atoms with Crippen molar-refractivity contribution in [1.82, 2.24) is 0 Å². The molecule has 2 N–H and O–H groups in total. The maximum atomic E-state index is 14.5. The lowest BCUT2D eigenvalue weighted by Crippen LogP contribution is -2.16. The molecule has 3 aromatic rings. The summed E-state index contributed by atoms with van der Waals surface area (Å²) in [5.74, 6) is -1.74. The minimum atomic E-state index is -4.72. The molecule has 0 fully saturated rings. The van der Waals surface area contributed by atoms with Gasteiger partial charge in [-0.05, 0) is 60.7 Å². The van der Waals surface area contributed by atoms with Crippen LogP contribution in [-0.4, -0.2) is 14.3 Å². The third kappa shape index (κ3) is 5.50. The Balaban J connectivity index is 1.83.